The van der Waals surface area contributed by atoms with Crippen molar-refractivity contribution in [3.63, 3.8) is 0 Å². The maximum absolute atomic E-state index is 12.1. The zero-order chi connectivity index (χ0) is 12.9. The van der Waals surface area contributed by atoms with Crippen LogP contribution >= 0.6 is 0 Å². The molecule has 102 valence electrons. The van der Waals surface area contributed by atoms with E-state index in [4.69, 9.17) is 0 Å². The molecule has 4 aliphatic carbocycles. The molecule has 0 radical (unpaired) electrons. The van der Waals surface area contributed by atoms with Crippen molar-refractivity contribution in [2.75, 3.05) is 0 Å². The molecular formula is C12H18O5S. The van der Waals surface area contributed by atoms with Gasteiger partial charge in [0.2, 0.25) is 0 Å². The molecule has 4 bridgehead atoms. The summed E-state index contributed by atoms with van der Waals surface area (Å²) in [6.45, 7) is 1.13. The van der Waals surface area contributed by atoms with Crippen molar-refractivity contribution < 1.29 is 22.4 Å². The first-order chi connectivity index (χ1) is 8.45. The molecule has 0 heterocycles. The van der Waals surface area contributed by atoms with Gasteiger partial charge in [0, 0.05) is 6.92 Å². The summed E-state index contributed by atoms with van der Waals surface area (Å²) in [7, 11) is -3.78. The molecule has 0 N–H and O–H groups in total. The normalized spacial score (nSPS) is 41.9. The van der Waals surface area contributed by atoms with E-state index in [9.17, 15) is 13.2 Å². The first kappa shape index (κ1) is 12.4. The summed E-state index contributed by atoms with van der Waals surface area (Å²) in [5, 5.41) is -0.468. The van der Waals surface area contributed by atoms with Crippen molar-refractivity contribution >= 4 is 16.1 Å². The number of hydrogen-bond donors (Lipinski definition) is 0. The van der Waals surface area contributed by atoms with Gasteiger partial charge in [-0.15, -0.1) is 0 Å². The molecule has 0 aromatic heterocycles. The highest BCUT2D eigenvalue weighted by atomic mass is 32.2. The number of carbonyl (C=O) groups excluding carboxylic acids is 1. The zero-order valence-corrected chi connectivity index (χ0v) is 11.2. The van der Waals surface area contributed by atoms with Gasteiger partial charge in [0.05, 0.1) is 5.25 Å². The monoisotopic (exact) mass is 274 g/mol. The van der Waals surface area contributed by atoms with Crippen molar-refractivity contribution in [3.05, 3.63) is 0 Å². The lowest BCUT2D eigenvalue weighted by atomic mass is 9.56. The Morgan fingerprint density at radius 2 is 1.50 bits per heavy atom. The highest BCUT2D eigenvalue weighted by Gasteiger charge is 2.54. The Hall–Kier alpha value is -0.620. The Labute approximate surface area is 107 Å². The third-order valence-corrected chi connectivity index (χ3v) is 6.41. The fraction of sp³-hybridized carbons (Fsp3) is 0.917. The summed E-state index contributed by atoms with van der Waals surface area (Å²) in [6, 6.07) is 0. The number of hydrogen-bond acceptors (Lipinski definition) is 5. The van der Waals surface area contributed by atoms with Crippen LogP contribution in [0.4, 0.5) is 0 Å². The summed E-state index contributed by atoms with van der Waals surface area (Å²) in [6.07, 6.45) is 5.21. The van der Waals surface area contributed by atoms with Crippen molar-refractivity contribution in [2.45, 2.75) is 44.3 Å². The second-order valence-electron chi connectivity index (χ2n) is 6.03. The van der Waals surface area contributed by atoms with E-state index < -0.39 is 21.3 Å². The molecular weight excluding hydrogens is 256 g/mol. The highest BCUT2D eigenvalue weighted by Crippen LogP contribution is 2.55. The van der Waals surface area contributed by atoms with Gasteiger partial charge in [0.25, 0.3) is 0 Å². The van der Waals surface area contributed by atoms with Crippen molar-refractivity contribution in [2.24, 2.45) is 23.7 Å². The molecule has 0 aromatic carbocycles. The topological polar surface area (TPSA) is 69.7 Å². The van der Waals surface area contributed by atoms with E-state index in [-0.39, 0.29) is 11.8 Å². The van der Waals surface area contributed by atoms with Crippen LogP contribution in [-0.4, -0.2) is 19.6 Å². The third-order valence-electron chi connectivity index (χ3n) is 4.72. The maximum atomic E-state index is 12.1. The number of rotatable bonds is 3. The van der Waals surface area contributed by atoms with E-state index in [0.29, 0.717) is 11.8 Å². The minimum atomic E-state index is -3.78. The molecule has 18 heavy (non-hydrogen) atoms. The van der Waals surface area contributed by atoms with Gasteiger partial charge in [0.1, 0.15) is 0 Å². The summed E-state index contributed by atoms with van der Waals surface area (Å²) in [4.78, 5) is 14.9. The van der Waals surface area contributed by atoms with Crippen LogP contribution < -0.4 is 0 Å². The van der Waals surface area contributed by atoms with Crippen LogP contribution in [0, 0.1) is 23.7 Å². The van der Waals surface area contributed by atoms with Crippen molar-refractivity contribution in [3.8, 4) is 0 Å². The molecule has 4 aliphatic rings. The highest BCUT2D eigenvalue weighted by molar-refractivity contribution is 7.87. The summed E-state index contributed by atoms with van der Waals surface area (Å²) < 4.78 is 28.7. The molecule has 6 heteroatoms. The molecule has 4 fully saturated rings. The molecule has 0 amide bonds. The lowest BCUT2D eigenvalue weighted by Gasteiger charge is -2.53. The molecule has 4 saturated carbocycles. The summed E-state index contributed by atoms with van der Waals surface area (Å²) in [5.41, 5.74) is 0. The van der Waals surface area contributed by atoms with Gasteiger partial charge in [-0.25, -0.2) is 4.79 Å². The lowest BCUT2D eigenvalue weighted by molar-refractivity contribution is -0.209. The number of carbonyl (C=O) groups is 1. The average Bonchev–Trinajstić information content (AvgIpc) is 2.24. The van der Waals surface area contributed by atoms with E-state index in [1.165, 1.54) is 6.42 Å². The fourth-order valence-electron chi connectivity index (χ4n) is 4.49. The largest absolute Gasteiger partial charge is 0.340 e. The van der Waals surface area contributed by atoms with E-state index in [1.54, 1.807) is 0 Å². The molecule has 5 nitrogen and oxygen atoms in total. The molecule has 0 unspecified atom stereocenters. The summed E-state index contributed by atoms with van der Waals surface area (Å²) >= 11 is 0. The van der Waals surface area contributed by atoms with Gasteiger partial charge in [-0.3, -0.25) is 4.89 Å². The molecule has 0 saturated heterocycles. The van der Waals surface area contributed by atoms with Crippen molar-refractivity contribution in [1.82, 2.24) is 0 Å². The minimum Gasteiger partial charge on any atom is -0.282 e. The van der Waals surface area contributed by atoms with E-state index in [1.807, 2.05) is 0 Å². The third kappa shape index (κ3) is 2.05. The van der Waals surface area contributed by atoms with E-state index >= 15 is 0 Å². The summed E-state index contributed by atoms with van der Waals surface area (Å²) in [5.74, 6) is 1.06. The van der Waals surface area contributed by atoms with Gasteiger partial charge < -0.3 is 0 Å². The Bertz CT molecular complexity index is 427. The predicted octanol–water partition coefficient (Wildman–Crippen LogP) is 1.64. The molecule has 0 atom stereocenters. The molecule has 4 rings (SSSR count). The van der Waals surface area contributed by atoms with Gasteiger partial charge in [-0.2, -0.15) is 8.42 Å². The molecule has 0 aromatic rings. The van der Waals surface area contributed by atoms with Crippen LogP contribution in [0.2, 0.25) is 0 Å². The fourth-order valence-corrected chi connectivity index (χ4v) is 6.16. The Balaban J connectivity index is 1.78. The van der Waals surface area contributed by atoms with Crippen LogP contribution in [0.15, 0.2) is 0 Å². The van der Waals surface area contributed by atoms with Gasteiger partial charge in [-0.1, -0.05) is 4.33 Å². The van der Waals surface area contributed by atoms with Crippen LogP contribution in [0.5, 0.6) is 0 Å². The van der Waals surface area contributed by atoms with Crippen LogP contribution in [0.1, 0.15) is 39.0 Å². The average molecular weight is 274 g/mol. The minimum absolute atomic E-state index is 0.196. The quantitative estimate of drug-likeness (QED) is 0.578. The predicted molar refractivity (Wildman–Crippen MR) is 62.6 cm³/mol. The van der Waals surface area contributed by atoms with Gasteiger partial charge >= 0.3 is 16.1 Å². The standard InChI is InChI=1S/C12H18O5S/c1-7(13)16-17-18(14,15)12-10-3-8-2-9(5-10)6-11(12)4-8/h8-12H,2-6H2,1H3. The molecule has 0 spiro atoms. The Morgan fingerprint density at radius 1 is 1.00 bits per heavy atom. The van der Waals surface area contributed by atoms with Crippen LogP contribution in [0.25, 0.3) is 0 Å². The SMILES string of the molecule is CC(=O)OOS(=O)(=O)C1C2CC3CC(C2)CC1C3. The van der Waals surface area contributed by atoms with E-state index in [0.717, 1.165) is 32.6 Å². The van der Waals surface area contributed by atoms with Crippen LogP contribution in [0.3, 0.4) is 0 Å². The molecule has 0 aliphatic heterocycles. The first-order valence-corrected chi connectivity index (χ1v) is 8.03. The maximum Gasteiger partial charge on any atom is 0.340 e. The first-order valence-electron chi connectivity index (χ1n) is 6.56. The van der Waals surface area contributed by atoms with Gasteiger partial charge in [0.15, 0.2) is 0 Å². The van der Waals surface area contributed by atoms with Gasteiger partial charge in [-0.05, 0) is 55.8 Å². The Kier molecular flexibility index (Phi) is 2.90. The van der Waals surface area contributed by atoms with Crippen LogP contribution in [-0.2, 0) is 24.1 Å². The van der Waals surface area contributed by atoms with E-state index in [2.05, 4.69) is 9.22 Å². The smallest absolute Gasteiger partial charge is 0.282 e. The second kappa shape index (κ2) is 4.20. The Morgan fingerprint density at radius 3 is 1.94 bits per heavy atom. The zero-order valence-electron chi connectivity index (χ0n) is 10.4. The lowest BCUT2D eigenvalue weighted by Crippen LogP contribution is -2.51. The second-order valence-corrected chi connectivity index (χ2v) is 7.70. The van der Waals surface area contributed by atoms with Crippen molar-refractivity contribution in [1.29, 1.82) is 0 Å².